The van der Waals surface area contributed by atoms with Gasteiger partial charge in [0.25, 0.3) is 10.0 Å². The molecule has 0 aliphatic rings. The van der Waals surface area contributed by atoms with E-state index in [1.54, 1.807) is 0 Å². The van der Waals surface area contributed by atoms with Crippen LogP contribution < -0.4 is 10.0 Å². The molecule has 0 aliphatic carbocycles. The summed E-state index contributed by atoms with van der Waals surface area (Å²) in [7, 11) is -3.83. The molecule has 1 aromatic rings. The minimum Gasteiger partial charge on any atom is -0.360 e. The predicted molar refractivity (Wildman–Crippen MR) is 77.7 cm³/mol. The lowest BCUT2D eigenvalue weighted by atomic mass is 10.4. The van der Waals surface area contributed by atoms with Gasteiger partial charge < -0.3 is 5.32 Å². The van der Waals surface area contributed by atoms with E-state index in [0.29, 0.717) is 0 Å². The van der Waals surface area contributed by atoms with E-state index in [0.717, 1.165) is 0 Å². The van der Waals surface area contributed by atoms with Crippen LogP contribution in [-0.2, 0) is 10.0 Å². The van der Waals surface area contributed by atoms with Gasteiger partial charge in [-0.05, 0) is 44.3 Å². The second-order valence-corrected chi connectivity index (χ2v) is 6.71. The number of halogens is 2. The lowest BCUT2D eigenvalue weighted by Crippen LogP contribution is -2.42. The molecular formula is C10H12Cl2N2O2S2. The van der Waals surface area contributed by atoms with Crippen molar-refractivity contribution < 1.29 is 8.42 Å². The molecule has 0 unspecified atom stereocenters. The fourth-order valence-electron chi connectivity index (χ4n) is 1.15. The molecule has 0 aliphatic heterocycles. The van der Waals surface area contributed by atoms with E-state index in [1.807, 2.05) is 13.8 Å². The van der Waals surface area contributed by atoms with E-state index in [4.69, 9.17) is 35.4 Å². The van der Waals surface area contributed by atoms with Gasteiger partial charge in [0.15, 0.2) is 5.11 Å². The SMILES string of the molecule is CC(C)NC(=S)NS(=O)(=O)c1cc(Cl)ccc1Cl. The molecule has 2 N–H and O–H groups in total. The maximum Gasteiger partial charge on any atom is 0.265 e. The summed E-state index contributed by atoms with van der Waals surface area (Å²) in [6, 6.07) is 4.21. The lowest BCUT2D eigenvalue weighted by molar-refractivity contribution is 0.591. The summed E-state index contributed by atoms with van der Waals surface area (Å²) in [5.74, 6) is 0. The van der Waals surface area contributed by atoms with Crippen LogP contribution in [0.1, 0.15) is 13.8 Å². The van der Waals surface area contributed by atoms with Crippen LogP contribution in [0.5, 0.6) is 0 Å². The molecule has 8 heteroatoms. The van der Waals surface area contributed by atoms with Gasteiger partial charge in [0.1, 0.15) is 4.90 Å². The normalized spacial score (nSPS) is 11.4. The average molecular weight is 327 g/mol. The van der Waals surface area contributed by atoms with Crippen LogP contribution >= 0.6 is 35.4 Å². The van der Waals surface area contributed by atoms with Crippen LogP contribution in [0.4, 0.5) is 0 Å². The molecule has 0 saturated carbocycles. The molecule has 0 bridgehead atoms. The Morgan fingerprint density at radius 2 is 1.94 bits per heavy atom. The molecule has 0 atom stereocenters. The van der Waals surface area contributed by atoms with Gasteiger partial charge in [-0.2, -0.15) is 0 Å². The Labute approximate surface area is 122 Å². The predicted octanol–water partition coefficient (Wildman–Crippen LogP) is 2.55. The Bertz CT molecular complexity index is 559. The third kappa shape index (κ3) is 4.28. The molecule has 0 fully saturated rings. The molecule has 100 valence electrons. The molecule has 0 heterocycles. The first-order valence-corrected chi connectivity index (χ1v) is 7.65. The highest BCUT2D eigenvalue weighted by Gasteiger charge is 2.19. The molecule has 4 nitrogen and oxygen atoms in total. The fourth-order valence-corrected chi connectivity index (χ4v) is 3.40. The summed E-state index contributed by atoms with van der Waals surface area (Å²) in [5, 5.41) is 3.15. The third-order valence-corrected chi connectivity index (χ3v) is 4.25. The Hall–Kier alpha value is -0.560. The Morgan fingerprint density at radius 3 is 2.50 bits per heavy atom. The van der Waals surface area contributed by atoms with Crippen molar-refractivity contribution in [2.45, 2.75) is 24.8 Å². The molecule has 1 aromatic carbocycles. The topological polar surface area (TPSA) is 58.2 Å². The minimum atomic E-state index is -3.83. The number of sulfonamides is 1. The summed E-state index contributed by atoms with van der Waals surface area (Å²) in [6.07, 6.45) is 0. The van der Waals surface area contributed by atoms with Gasteiger partial charge in [-0.3, -0.25) is 4.72 Å². The summed E-state index contributed by atoms with van der Waals surface area (Å²) >= 11 is 16.4. The first kappa shape index (κ1) is 15.5. The number of hydrogen-bond acceptors (Lipinski definition) is 3. The minimum absolute atomic E-state index is 0.0149. The number of benzene rings is 1. The van der Waals surface area contributed by atoms with Crippen LogP contribution in [0.2, 0.25) is 10.0 Å². The average Bonchev–Trinajstić information content (AvgIpc) is 2.19. The van der Waals surface area contributed by atoms with Crippen LogP contribution in [0.15, 0.2) is 23.1 Å². The van der Waals surface area contributed by atoms with Gasteiger partial charge in [0, 0.05) is 11.1 Å². The molecule has 1 rings (SSSR count). The molecule has 0 saturated heterocycles. The number of hydrogen-bond donors (Lipinski definition) is 2. The van der Waals surface area contributed by atoms with Crippen LogP contribution in [0.3, 0.4) is 0 Å². The third-order valence-electron chi connectivity index (χ3n) is 1.83. The standard InChI is InChI=1S/C10H12Cl2N2O2S2/c1-6(2)13-10(17)14-18(15,16)9-5-7(11)3-4-8(9)12/h3-6H,1-2H3,(H2,13,14,17). The maximum atomic E-state index is 12.0. The zero-order valence-corrected chi connectivity index (χ0v) is 12.8. The number of nitrogens with one attached hydrogen (secondary N) is 2. The highest BCUT2D eigenvalue weighted by Crippen LogP contribution is 2.24. The fraction of sp³-hybridized carbons (Fsp3) is 0.300. The van der Waals surface area contributed by atoms with Gasteiger partial charge in [-0.1, -0.05) is 23.2 Å². The molecular weight excluding hydrogens is 315 g/mol. The smallest absolute Gasteiger partial charge is 0.265 e. The van der Waals surface area contributed by atoms with Crippen molar-refractivity contribution in [1.29, 1.82) is 0 Å². The van der Waals surface area contributed by atoms with Crippen molar-refractivity contribution in [2.75, 3.05) is 0 Å². The maximum absolute atomic E-state index is 12.0. The summed E-state index contributed by atoms with van der Waals surface area (Å²) in [5.41, 5.74) is 0. The second-order valence-electron chi connectivity index (χ2n) is 3.81. The zero-order chi connectivity index (χ0) is 13.9. The van der Waals surface area contributed by atoms with Crippen LogP contribution in [0, 0.1) is 0 Å². The van der Waals surface area contributed by atoms with Gasteiger partial charge in [-0.25, -0.2) is 8.42 Å². The van der Waals surface area contributed by atoms with Crippen LogP contribution in [0.25, 0.3) is 0 Å². The zero-order valence-electron chi connectivity index (χ0n) is 9.70. The first-order valence-electron chi connectivity index (χ1n) is 5.01. The van der Waals surface area contributed by atoms with Crippen LogP contribution in [-0.4, -0.2) is 19.6 Å². The highest BCUT2D eigenvalue weighted by molar-refractivity contribution is 7.92. The van der Waals surface area contributed by atoms with Gasteiger partial charge in [0.2, 0.25) is 0 Å². The van der Waals surface area contributed by atoms with Gasteiger partial charge in [-0.15, -0.1) is 0 Å². The van der Waals surface area contributed by atoms with Crippen molar-refractivity contribution in [3.05, 3.63) is 28.2 Å². The Morgan fingerprint density at radius 1 is 1.33 bits per heavy atom. The van der Waals surface area contributed by atoms with Crippen molar-refractivity contribution in [2.24, 2.45) is 0 Å². The Balaban J connectivity index is 3.00. The van der Waals surface area contributed by atoms with Crippen molar-refractivity contribution in [1.82, 2.24) is 10.0 Å². The summed E-state index contributed by atoms with van der Waals surface area (Å²) in [4.78, 5) is -0.107. The summed E-state index contributed by atoms with van der Waals surface area (Å²) < 4.78 is 26.3. The first-order chi connectivity index (χ1) is 8.22. The molecule has 0 aromatic heterocycles. The quantitative estimate of drug-likeness (QED) is 0.838. The largest absolute Gasteiger partial charge is 0.360 e. The van der Waals surface area contributed by atoms with E-state index in [9.17, 15) is 8.42 Å². The molecule has 0 amide bonds. The Kier molecular flexibility index (Phi) is 5.21. The number of rotatable bonds is 3. The lowest BCUT2D eigenvalue weighted by Gasteiger charge is -2.14. The van der Waals surface area contributed by atoms with Crippen molar-refractivity contribution in [3.8, 4) is 0 Å². The highest BCUT2D eigenvalue weighted by atomic mass is 35.5. The molecule has 18 heavy (non-hydrogen) atoms. The van der Waals surface area contributed by atoms with Crippen molar-refractivity contribution >= 4 is 50.6 Å². The van der Waals surface area contributed by atoms with E-state index in [2.05, 4.69) is 10.0 Å². The van der Waals surface area contributed by atoms with E-state index < -0.39 is 10.0 Å². The second kappa shape index (κ2) is 6.06. The summed E-state index contributed by atoms with van der Waals surface area (Å²) in [6.45, 7) is 3.68. The van der Waals surface area contributed by atoms with Gasteiger partial charge >= 0.3 is 0 Å². The monoisotopic (exact) mass is 326 g/mol. The van der Waals surface area contributed by atoms with Crippen molar-refractivity contribution in [3.63, 3.8) is 0 Å². The molecule has 0 spiro atoms. The van der Waals surface area contributed by atoms with E-state index in [-0.39, 0.29) is 26.1 Å². The van der Waals surface area contributed by atoms with Gasteiger partial charge in [0.05, 0.1) is 5.02 Å². The van der Waals surface area contributed by atoms with E-state index in [1.165, 1.54) is 18.2 Å². The number of thiocarbonyl (C=S) groups is 1. The van der Waals surface area contributed by atoms with E-state index >= 15 is 0 Å². The molecule has 0 radical (unpaired) electrons.